The first-order chi connectivity index (χ1) is 6.73. The van der Waals surface area contributed by atoms with E-state index in [1.165, 1.54) is 12.8 Å². The van der Waals surface area contributed by atoms with Gasteiger partial charge in [0.1, 0.15) is 0 Å². The molecule has 2 rings (SSSR count). The number of hydrogen-bond donors (Lipinski definition) is 2. The van der Waals surface area contributed by atoms with Crippen LogP contribution in [0.4, 0.5) is 0 Å². The molecule has 1 aliphatic carbocycles. The Hall–Kier alpha value is -0.120. The minimum Gasteiger partial charge on any atom is -0.381 e. The summed E-state index contributed by atoms with van der Waals surface area (Å²) < 4.78 is 5.32. The zero-order chi connectivity index (χ0) is 10.0. The van der Waals surface area contributed by atoms with Gasteiger partial charge >= 0.3 is 0 Å². The van der Waals surface area contributed by atoms with Crippen molar-refractivity contribution in [2.24, 2.45) is 11.7 Å². The van der Waals surface area contributed by atoms with Gasteiger partial charge in [0.25, 0.3) is 0 Å². The van der Waals surface area contributed by atoms with E-state index >= 15 is 0 Å². The van der Waals surface area contributed by atoms with Crippen molar-refractivity contribution in [2.45, 2.75) is 44.2 Å². The Kier molecular flexibility index (Phi) is 3.10. The monoisotopic (exact) mass is 198 g/mol. The van der Waals surface area contributed by atoms with Crippen molar-refractivity contribution < 1.29 is 4.74 Å². The van der Waals surface area contributed by atoms with Crippen LogP contribution in [0.15, 0.2) is 0 Å². The first-order valence-electron chi connectivity index (χ1n) is 5.83. The van der Waals surface area contributed by atoms with Crippen molar-refractivity contribution >= 4 is 0 Å². The zero-order valence-corrected chi connectivity index (χ0v) is 9.09. The zero-order valence-electron chi connectivity index (χ0n) is 9.09. The van der Waals surface area contributed by atoms with E-state index < -0.39 is 0 Å². The molecule has 1 saturated heterocycles. The first-order valence-corrected chi connectivity index (χ1v) is 5.83. The molecule has 3 nitrogen and oxygen atoms in total. The largest absolute Gasteiger partial charge is 0.381 e. The maximum absolute atomic E-state index is 6.28. The highest BCUT2D eigenvalue weighted by molar-refractivity contribution is 4.96. The Morgan fingerprint density at radius 1 is 1.43 bits per heavy atom. The summed E-state index contributed by atoms with van der Waals surface area (Å²) in [6, 6.07) is 0.753. The van der Waals surface area contributed by atoms with Crippen molar-refractivity contribution in [3.63, 3.8) is 0 Å². The molecule has 0 aromatic rings. The third kappa shape index (κ3) is 2.47. The van der Waals surface area contributed by atoms with E-state index in [-0.39, 0.29) is 5.54 Å². The second kappa shape index (κ2) is 4.17. The Balaban J connectivity index is 1.69. The first kappa shape index (κ1) is 10.4. The Labute approximate surface area is 86.4 Å². The van der Waals surface area contributed by atoms with Gasteiger partial charge in [-0.2, -0.15) is 0 Å². The van der Waals surface area contributed by atoms with Crippen molar-refractivity contribution in [2.75, 3.05) is 19.8 Å². The number of ether oxygens (including phenoxy) is 1. The van der Waals surface area contributed by atoms with Crippen molar-refractivity contribution in [3.8, 4) is 0 Å². The van der Waals surface area contributed by atoms with Crippen LogP contribution in [-0.4, -0.2) is 31.3 Å². The average Bonchev–Trinajstić information content (AvgIpc) is 2.95. The van der Waals surface area contributed by atoms with E-state index in [1.54, 1.807) is 0 Å². The van der Waals surface area contributed by atoms with Gasteiger partial charge in [0.15, 0.2) is 0 Å². The average molecular weight is 198 g/mol. The van der Waals surface area contributed by atoms with Gasteiger partial charge in [0, 0.05) is 31.3 Å². The molecule has 0 amide bonds. The van der Waals surface area contributed by atoms with Gasteiger partial charge < -0.3 is 15.8 Å². The van der Waals surface area contributed by atoms with Crippen LogP contribution in [0.5, 0.6) is 0 Å². The molecule has 2 atom stereocenters. The van der Waals surface area contributed by atoms with Crippen LogP contribution in [-0.2, 0) is 4.74 Å². The van der Waals surface area contributed by atoms with Gasteiger partial charge in [0.2, 0.25) is 0 Å². The van der Waals surface area contributed by atoms with Crippen molar-refractivity contribution in [3.05, 3.63) is 0 Å². The SMILES string of the molecule is CCC1CC1NCC1(N)CCOCC1. The molecule has 1 aliphatic heterocycles. The lowest BCUT2D eigenvalue weighted by Crippen LogP contribution is -2.52. The summed E-state index contributed by atoms with van der Waals surface area (Å²) in [6.07, 6.45) is 4.66. The van der Waals surface area contributed by atoms with E-state index in [4.69, 9.17) is 10.5 Å². The van der Waals surface area contributed by atoms with Gasteiger partial charge in [-0.1, -0.05) is 13.3 Å². The van der Waals surface area contributed by atoms with Gasteiger partial charge in [0.05, 0.1) is 0 Å². The molecule has 0 spiro atoms. The summed E-state index contributed by atoms with van der Waals surface area (Å²) in [5.41, 5.74) is 6.28. The standard InChI is InChI=1S/C11H22N2O/c1-2-9-7-10(9)13-8-11(12)3-5-14-6-4-11/h9-10,13H,2-8,12H2,1H3. The Bertz CT molecular complexity index is 190. The fraction of sp³-hybridized carbons (Fsp3) is 1.00. The lowest BCUT2D eigenvalue weighted by molar-refractivity contribution is 0.0529. The molecule has 0 bridgehead atoms. The molecule has 3 heteroatoms. The van der Waals surface area contributed by atoms with Crippen LogP contribution in [0.25, 0.3) is 0 Å². The molecular formula is C11H22N2O. The second-order valence-electron chi connectivity index (χ2n) is 4.87. The molecule has 0 aromatic heterocycles. The quantitative estimate of drug-likeness (QED) is 0.705. The second-order valence-corrected chi connectivity index (χ2v) is 4.87. The van der Waals surface area contributed by atoms with Gasteiger partial charge in [-0.25, -0.2) is 0 Å². The predicted octanol–water partition coefficient (Wildman–Crippen LogP) is 0.882. The minimum absolute atomic E-state index is 0.000862. The highest BCUT2D eigenvalue weighted by atomic mass is 16.5. The fourth-order valence-electron chi connectivity index (χ4n) is 2.24. The summed E-state index contributed by atoms with van der Waals surface area (Å²) in [5.74, 6) is 0.915. The predicted molar refractivity (Wildman–Crippen MR) is 57.2 cm³/mol. The van der Waals surface area contributed by atoms with Gasteiger partial charge in [-0.3, -0.25) is 0 Å². The highest BCUT2D eigenvalue weighted by Gasteiger charge is 2.37. The summed E-state index contributed by atoms with van der Waals surface area (Å²) in [6.45, 7) is 4.90. The maximum Gasteiger partial charge on any atom is 0.0484 e. The molecule has 0 radical (unpaired) electrons. The van der Waals surface area contributed by atoms with Crippen molar-refractivity contribution in [1.29, 1.82) is 0 Å². The lowest BCUT2D eigenvalue weighted by Gasteiger charge is -2.33. The molecular weight excluding hydrogens is 176 g/mol. The van der Waals surface area contributed by atoms with E-state index in [2.05, 4.69) is 12.2 Å². The van der Waals surface area contributed by atoms with E-state index in [0.717, 1.165) is 44.6 Å². The number of nitrogens with two attached hydrogens (primary N) is 1. The van der Waals surface area contributed by atoms with Gasteiger partial charge in [-0.05, 0) is 25.2 Å². The Morgan fingerprint density at radius 3 is 2.71 bits per heavy atom. The van der Waals surface area contributed by atoms with Gasteiger partial charge in [-0.15, -0.1) is 0 Å². The van der Waals surface area contributed by atoms with Crippen LogP contribution >= 0.6 is 0 Å². The minimum atomic E-state index is -0.000862. The van der Waals surface area contributed by atoms with Crippen LogP contribution in [0.2, 0.25) is 0 Å². The highest BCUT2D eigenvalue weighted by Crippen LogP contribution is 2.33. The van der Waals surface area contributed by atoms with Crippen LogP contribution in [0.3, 0.4) is 0 Å². The van der Waals surface area contributed by atoms with E-state index in [0.29, 0.717) is 0 Å². The van der Waals surface area contributed by atoms with Crippen molar-refractivity contribution in [1.82, 2.24) is 5.32 Å². The molecule has 3 N–H and O–H groups in total. The molecule has 2 fully saturated rings. The van der Waals surface area contributed by atoms with Crippen LogP contribution in [0.1, 0.15) is 32.6 Å². The lowest BCUT2D eigenvalue weighted by atomic mass is 9.91. The third-order valence-corrected chi connectivity index (χ3v) is 3.65. The molecule has 82 valence electrons. The molecule has 2 unspecified atom stereocenters. The molecule has 1 heterocycles. The number of nitrogens with one attached hydrogen (secondary N) is 1. The number of rotatable bonds is 4. The summed E-state index contributed by atoms with van der Waals surface area (Å²) in [4.78, 5) is 0. The summed E-state index contributed by atoms with van der Waals surface area (Å²) in [7, 11) is 0. The topological polar surface area (TPSA) is 47.3 Å². The van der Waals surface area contributed by atoms with Crippen LogP contribution < -0.4 is 11.1 Å². The van der Waals surface area contributed by atoms with E-state index in [9.17, 15) is 0 Å². The van der Waals surface area contributed by atoms with Crippen LogP contribution in [0, 0.1) is 5.92 Å². The smallest absolute Gasteiger partial charge is 0.0484 e. The summed E-state index contributed by atoms with van der Waals surface area (Å²) >= 11 is 0. The van der Waals surface area contributed by atoms with E-state index in [1.807, 2.05) is 0 Å². The Morgan fingerprint density at radius 2 is 2.14 bits per heavy atom. The number of hydrogen-bond acceptors (Lipinski definition) is 3. The molecule has 2 aliphatic rings. The third-order valence-electron chi connectivity index (χ3n) is 3.65. The normalized spacial score (nSPS) is 35.6. The molecule has 1 saturated carbocycles. The molecule has 0 aromatic carbocycles. The summed E-state index contributed by atoms with van der Waals surface area (Å²) in [5, 5.41) is 3.59. The fourth-order valence-corrected chi connectivity index (χ4v) is 2.24. The maximum atomic E-state index is 6.28. The molecule has 14 heavy (non-hydrogen) atoms.